The van der Waals surface area contributed by atoms with Gasteiger partial charge >= 0.3 is 11.9 Å². The van der Waals surface area contributed by atoms with Crippen LogP contribution in [0.5, 0.6) is 0 Å². The first kappa shape index (κ1) is 11.0. The number of aromatic carboxylic acids is 2. The van der Waals surface area contributed by atoms with Gasteiger partial charge in [-0.05, 0) is 31.0 Å². The molecule has 0 aromatic heterocycles. The van der Waals surface area contributed by atoms with Crippen LogP contribution in [0.2, 0.25) is 0 Å². The molecule has 0 aliphatic rings. The molecule has 0 saturated carbocycles. The van der Waals surface area contributed by atoms with Crippen LogP contribution in [0.3, 0.4) is 0 Å². The highest BCUT2D eigenvalue weighted by Gasteiger charge is 2.21. The van der Waals surface area contributed by atoms with Crippen molar-refractivity contribution in [1.29, 1.82) is 0 Å². The van der Waals surface area contributed by atoms with Gasteiger partial charge < -0.3 is 15.9 Å². The lowest BCUT2D eigenvalue weighted by Gasteiger charge is -2.10. The Bertz CT molecular complexity index is 451. The number of hydrogen-bond donors (Lipinski definition) is 3. The Kier molecular flexibility index (Phi) is 2.65. The third kappa shape index (κ3) is 1.76. The molecule has 1 aromatic carbocycles. The molecule has 0 amide bonds. The smallest absolute Gasteiger partial charge is 0.336 e. The minimum absolute atomic E-state index is 0.230. The second kappa shape index (κ2) is 3.61. The van der Waals surface area contributed by atoms with Crippen molar-refractivity contribution in [2.45, 2.75) is 13.8 Å². The van der Waals surface area contributed by atoms with Crippen LogP contribution in [0, 0.1) is 13.8 Å². The highest BCUT2D eigenvalue weighted by molar-refractivity contribution is 6.04. The maximum absolute atomic E-state index is 10.9. The first-order valence-electron chi connectivity index (χ1n) is 4.22. The van der Waals surface area contributed by atoms with E-state index in [-0.39, 0.29) is 11.1 Å². The van der Waals surface area contributed by atoms with Crippen LogP contribution in [-0.2, 0) is 0 Å². The molecule has 0 heterocycles. The molecule has 0 bridgehead atoms. The summed E-state index contributed by atoms with van der Waals surface area (Å²) >= 11 is 0. The third-order valence-electron chi connectivity index (χ3n) is 2.28. The first-order chi connectivity index (χ1) is 6.86. The zero-order valence-electron chi connectivity index (χ0n) is 8.37. The van der Waals surface area contributed by atoms with Gasteiger partial charge in [-0.3, -0.25) is 0 Å². The summed E-state index contributed by atoms with van der Waals surface area (Å²) in [5, 5.41) is 17.7. The van der Waals surface area contributed by atoms with Crippen LogP contribution in [0.4, 0.5) is 5.69 Å². The van der Waals surface area contributed by atoms with Crippen molar-refractivity contribution in [3.63, 3.8) is 0 Å². The lowest BCUT2D eigenvalue weighted by molar-refractivity contribution is 0.0651. The molecule has 0 spiro atoms. The largest absolute Gasteiger partial charge is 0.478 e. The molecule has 80 valence electrons. The molecule has 4 N–H and O–H groups in total. The van der Waals surface area contributed by atoms with Crippen LogP contribution in [0.15, 0.2) is 6.07 Å². The number of aryl methyl sites for hydroxylation is 1. The summed E-state index contributed by atoms with van der Waals surface area (Å²) in [5.74, 6) is -2.55. The summed E-state index contributed by atoms with van der Waals surface area (Å²) in [6, 6.07) is 1.27. The lowest BCUT2D eigenvalue weighted by atomic mass is 9.97. The first-order valence-corrected chi connectivity index (χ1v) is 4.22. The molecule has 0 unspecified atom stereocenters. The van der Waals surface area contributed by atoms with E-state index >= 15 is 0 Å². The minimum atomic E-state index is -1.28. The van der Waals surface area contributed by atoms with Gasteiger partial charge in [0.05, 0.1) is 11.1 Å². The van der Waals surface area contributed by atoms with Gasteiger partial charge in [-0.15, -0.1) is 0 Å². The number of hydrogen-bond acceptors (Lipinski definition) is 3. The highest BCUT2D eigenvalue weighted by atomic mass is 16.4. The maximum atomic E-state index is 10.9. The van der Waals surface area contributed by atoms with E-state index in [2.05, 4.69) is 0 Å². The quantitative estimate of drug-likeness (QED) is 0.637. The molecule has 1 rings (SSSR count). The van der Waals surface area contributed by atoms with Gasteiger partial charge in [0.2, 0.25) is 0 Å². The average molecular weight is 209 g/mol. The number of nitrogen functional groups attached to an aromatic ring is 1. The van der Waals surface area contributed by atoms with Gasteiger partial charge in [0, 0.05) is 5.69 Å². The van der Waals surface area contributed by atoms with Crippen molar-refractivity contribution >= 4 is 17.6 Å². The molecular formula is C10H11NO4. The van der Waals surface area contributed by atoms with Gasteiger partial charge in [0.25, 0.3) is 0 Å². The summed E-state index contributed by atoms with van der Waals surface area (Å²) in [6.07, 6.45) is 0. The number of benzene rings is 1. The molecule has 0 saturated heterocycles. The Morgan fingerprint density at radius 3 is 2.13 bits per heavy atom. The summed E-state index contributed by atoms with van der Waals surface area (Å²) in [4.78, 5) is 21.7. The summed E-state index contributed by atoms with van der Waals surface area (Å²) in [5.41, 5.74) is 6.33. The fraction of sp³-hybridized carbons (Fsp3) is 0.200. The van der Waals surface area contributed by atoms with E-state index in [0.29, 0.717) is 16.8 Å². The number of carbonyl (C=O) groups is 2. The predicted octanol–water partition coefficient (Wildman–Crippen LogP) is 1.28. The summed E-state index contributed by atoms with van der Waals surface area (Å²) in [6.45, 7) is 3.14. The molecule has 0 atom stereocenters. The van der Waals surface area contributed by atoms with Crippen molar-refractivity contribution in [1.82, 2.24) is 0 Å². The molecule has 5 heteroatoms. The molecule has 15 heavy (non-hydrogen) atoms. The number of carboxylic acid groups (broad SMARTS) is 2. The van der Waals surface area contributed by atoms with E-state index in [1.807, 2.05) is 0 Å². The summed E-state index contributed by atoms with van der Waals surface area (Å²) < 4.78 is 0. The molecule has 0 aliphatic heterocycles. The fourth-order valence-corrected chi connectivity index (χ4v) is 1.44. The molecule has 0 fully saturated rings. The average Bonchev–Trinajstić information content (AvgIpc) is 2.12. The van der Waals surface area contributed by atoms with E-state index in [1.165, 1.54) is 13.0 Å². The van der Waals surface area contributed by atoms with Crippen LogP contribution in [0.25, 0.3) is 0 Å². The molecule has 1 aromatic rings. The third-order valence-corrected chi connectivity index (χ3v) is 2.28. The minimum Gasteiger partial charge on any atom is -0.478 e. The highest BCUT2D eigenvalue weighted by Crippen LogP contribution is 2.24. The molecule has 0 radical (unpaired) electrons. The fourth-order valence-electron chi connectivity index (χ4n) is 1.44. The van der Waals surface area contributed by atoms with Crippen molar-refractivity contribution in [2.75, 3.05) is 5.73 Å². The second-order valence-electron chi connectivity index (χ2n) is 3.27. The van der Waals surface area contributed by atoms with Crippen molar-refractivity contribution in [3.05, 3.63) is 28.3 Å². The van der Waals surface area contributed by atoms with Gasteiger partial charge in [-0.25, -0.2) is 9.59 Å². The van der Waals surface area contributed by atoms with E-state index in [1.54, 1.807) is 6.92 Å². The van der Waals surface area contributed by atoms with Crippen molar-refractivity contribution < 1.29 is 19.8 Å². The Hall–Kier alpha value is -2.04. The van der Waals surface area contributed by atoms with Crippen LogP contribution < -0.4 is 5.73 Å². The monoisotopic (exact) mass is 209 g/mol. The van der Waals surface area contributed by atoms with E-state index in [4.69, 9.17) is 15.9 Å². The van der Waals surface area contributed by atoms with Crippen LogP contribution in [-0.4, -0.2) is 22.2 Å². The van der Waals surface area contributed by atoms with E-state index in [9.17, 15) is 9.59 Å². The van der Waals surface area contributed by atoms with Gasteiger partial charge in [-0.1, -0.05) is 0 Å². The van der Waals surface area contributed by atoms with E-state index in [0.717, 1.165) is 0 Å². The molecule has 0 aliphatic carbocycles. The van der Waals surface area contributed by atoms with Crippen LogP contribution >= 0.6 is 0 Å². The van der Waals surface area contributed by atoms with Crippen molar-refractivity contribution in [2.24, 2.45) is 0 Å². The topological polar surface area (TPSA) is 101 Å². The lowest BCUT2D eigenvalue weighted by Crippen LogP contribution is -2.12. The van der Waals surface area contributed by atoms with Crippen LogP contribution in [0.1, 0.15) is 31.8 Å². The number of nitrogens with two attached hydrogens (primary N) is 1. The predicted molar refractivity (Wildman–Crippen MR) is 54.2 cm³/mol. The zero-order chi connectivity index (χ0) is 11.7. The zero-order valence-corrected chi connectivity index (χ0v) is 8.37. The van der Waals surface area contributed by atoms with Crippen molar-refractivity contribution in [3.8, 4) is 0 Å². The Morgan fingerprint density at radius 1 is 1.20 bits per heavy atom. The maximum Gasteiger partial charge on any atom is 0.336 e. The number of anilines is 1. The SMILES string of the molecule is Cc1cc(C(=O)O)c(C(=O)O)c(C)c1N. The second-order valence-corrected chi connectivity index (χ2v) is 3.27. The Labute approximate surface area is 86.1 Å². The van der Waals surface area contributed by atoms with E-state index < -0.39 is 11.9 Å². The normalized spacial score (nSPS) is 10.0. The Morgan fingerprint density at radius 2 is 1.73 bits per heavy atom. The van der Waals surface area contributed by atoms with Gasteiger partial charge in [0.1, 0.15) is 0 Å². The summed E-state index contributed by atoms with van der Waals surface area (Å²) in [7, 11) is 0. The number of carboxylic acids is 2. The number of rotatable bonds is 2. The van der Waals surface area contributed by atoms with Gasteiger partial charge in [0.15, 0.2) is 0 Å². The molecular weight excluding hydrogens is 198 g/mol. The van der Waals surface area contributed by atoms with Gasteiger partial charge in [-0.2, -0.15) is 0 Å². The Balaban J connectivity index is 3.65. The molecule has 5 nitrogen and oxygen atoms in total. The standard InChI is InChI=1S/C10H11NO4/c1-4-3-6(9(12)13)7(10(14)15)5(2)8(4)11/h3H,11H2,1-2H3,(H,12,13)(H,14,15).